The molecule has 2 fully saturated rings. The van der Waals surface area contributed by atoms with Gasteiger partial charge in [-0.15, -0.1) is 0 Å². The van der Waals surface area contributed by atoms with E-state index in [-0.39, 0.29) is 0 Å². The van der Waals surface area contributed by atoms with E-state index in [0.717, 1.165) is 34.6 Å². The number of nitrogens with zero attached hydrogens (tertiary/aromatic N) is 2. The Hall–Kier alpha value is -0.350. The quantitative estimate of drug-likeness (QED) is 0.911. The molecule has 0 saturated heterocycles. The number of fused-ring (bicyclic) bond motifs is 2. The van der Waals surface area contributed by atoms with Gasteiger partial charge in [0.15, 0.2) is 0 Å². The van der Waals surface area contributed by atoms with Crippen LogP contribution >= 0.6 is 15.9 Å². The van der Waals surface area contributed by atoms with Crippen LogP contribution in [-0.4, -0.2) is 20.5 Å². The first-order valence-electron chi connectivity index (χ1n) is 6.40. The molecule has 0 aliphatic heterocycles. The minimum Gasteiger partial charge on any atom is -0.389 e. The average molecular weight is 299 g/mol. The van der Waals surface area contributed by atoms with Gasteiger partial charge in [0, 0.05) is 13.5 Å². The number of hydrogen-bond donors (Lipinski definition) is 1. The average Bonchev–Trinajstić information content (AvgIpc) is 2.89. The Morgan fingerprint density at radius 1 is 1.53 bits per heavy atom. The zero-order chi connectivity index (χ0) is 12.2. The van der Waals surface area contributed by atoms with Crippen LogP contribution in [0.1, 0.15) is 37.1 Å². The van der Waals surface area contributed by atoms with E-state index in [2.05, 4.69) is 21.0 Å². The van der Waals surface area contributed by atoms with Crippen molar-refractivity contribution in [3.63, 3.8) is 0 Å². The SMILES string of the molecule is Cc1nn(C)c(CC2(O)CC3CCC2C3)c1Br. The Bertz CT molecular complexity index is 457. The zero-order valence-corrected chi connectivity index (χ0v) is 12.0. The molecule has 3 unspecified atom stereocenters. The minimum atomic E-state index is -0.480. The summed E-state index contributed by atoms with van der Waals surface area (Å²) < 4.78 is 2.97. The van der Waals surface area contributed by atoms with Crippen LogP contribution in [0, 0.1) is 18.8 Å². The lowest BCUT2D eigenvalue weighted by molar-refractivity contribution is -0.0141. The van der Waals surface area contributed by atoms with Crippen molar-refractivity contribution in [2.24, 2.45) is 18.9 Å². The van der Waals surface area contributed by atoms with E-state index in [4.69, 9.17) is 0 Å². The summed E-state index contributed by atoms with van der Waals surface area (Å²) in [6.45, 7) is 2.00. The van der Waals surface area contributed by atoms with E-state index in [1.54, 1.807) is 0 Å². The van der Waals surface area contributed by atoms with Crippen molar-refractivity contribution in [1.82, 2.24) is 9.78 Å². The Balaban J connectivity index is 1.87. The van der Waals surface area contributed by atoms with Crippen LogP contribution in [-0.2, 0) is 13.5 Å². The van der Waals surface area contributed by atoms with Gasteiger partial charge >= 0.3 is 0 Å². The van der Waals surface area contributed by atoms with Crippen LogP contribution < -0.4 is 0 Å². The van der Waals surface area contributed by atoms with Crippen molar-refractivity contribution in [1.29, 1.82) is 0 Å². The maximum atomic E-state index is 10.8. The number of rotatable bonds is 2. The molecule has 17 heavy (non-hydrogen) atoms. The predicted molar refractivity (Wildman–Crippen MR) is 69.7 cm³/mol. The maximum Gasteiger partial charge on any atom is 0.0738 e. The van der Waals surface area contributed by atoms with Crippen LogP contribution in [0.3, 0.4) is 0 Å². The second-order valence-electron chi connectivity index (χ2n) is 5.83. The van der Waals surface area contributed by atoms with Gasteiger partial charge in [-0.2, -0.15) is 5.10 Å². The van der Waals surface area contributed by atoms with Gasteiger partial charge in [0.05, 0.1) is 21.5 Å². The lowest BCUT2D eigenvalue weighted by atomic mass is 9.81. The van der Waals surface area contributed by atoms with Gasteiger partial charge in [-0.05, 0) is 60.4 Å². The van der Waals surface area contributed by atoms with Crippen LogP contribution in [0.15, 0.2) is 4.47 Å². The third kappa shape index (κ3) is 1.76. The number of halogens is 1. The molecule has 0 spiro atoms. The van der Waals surface area contributed by atoms with Gasteiger partial charge in [0.25, 0.3) is 0 Å². The molecule has 1 aromatic heterocycles. The Labute approximate surface area is 110 Å². The minimum absolute atomic E-state index is 0.480. The highest BCUT2D eigenvalue weighted by Gasteiger charge is 2.50. The van der Waals surface area contributed by atoms with E-state index in [1.807, 2.05) is 18.7 Å². The van der Waals surface area contributed by atoms with Crippen molar-refractivity contribution in [3.05, 3.63) is 15.9 Å². The smallest absolute Gasteiger partial charge is 0.0738 e. The molecule has 0 amide bonds. The van der Waals surface area contributed by atoms with E-state index < -0.39 is 5.60 Å². The van der Waals surface area contributed by atoms with Gasteiger partial charge in [-0.3, -0.25) is 4.68 Å². The molecular weight excluding hydrogens is 280 g/mol. The fourth-order valence-corrected chi connectivity index (χ4v) is 4.27. The number of aliphatic hydroxyl groups is 1. The summed E-state index contributed by atoms with van der Waals surface area (Å²) in [6.07, 6.45) is 5.47. The van der Waals surface area contributed by atoms with Gasteiger partial charge in [-0.25, -0.2) is 0 Å². The second-order valence-corrected chi connectivity index (χ2v) is 6.62. The number of hydrogen-bond acceptors (Lipinski definition) is 2. The first-order chi connectivity index (χ1) is 7.99. The van der Waals surface area contributed by atoms with Crippen molar-refractivity contribution >= 4 is 15.9 Å². The zero-order valence-electron chi connectivity index (χ0n) is 10.4. The lowest BCUT2D eigenvalue weighted by Crippen LogP contribution is -2.38. The van der Waals surface area contributed by atoms with Gasteiger partial charge < -0.3 is 5.11 Å². The standard InChI is InChI=1S/C13H19BrN2O/c1-8-12(14)11(16(2)15-8)7-13(17)6-9-3-4-10(13)5-9/h9-10,17H,3-7H2,1-2H3. The van der Waals surface area contributed by atoms with Gasteiger partial charge in [-0.1, -0.05) is 0 Å². The number of aryl methyl sites for hydroxylation is 2. The molecule has 2 saturated carbocycles. The highest BCUT2D eigenvalue weighted by atomic mass is 79.9. The van der Waals surface area contributed by atoms with E-state index in [1.165, 1.54) is 19.3 Å². The predicted octanol–water partition coefficient (Wildman–Crippen LogP) is 2.58. The second kappa shape index (κ2) is 3.82. The topological polar surface area (TPSA) is 38.0 Å². The number of aromatic nitrogens is 2. The van der Waals surface area contributed by atoms with Gasteiger partial charge in [0.1, 0.15) is 0 Å². The third-order valence-corrected chi connectivity index (χ3v) is 5.71. The molecule has 1 heterocycles. The van der Waals surface area contributed by atoms with Gasteiger partial charge in [0.2, 0.25) is 0 Å². The summed E-state index contributed by atoms with van der Waals surface area (Å²) in [7, 11) is 1.96. The monoisotopic (exact) mass is 298 g/mol. The van der Waals surface area contributed by atoms with Crippen LogP contribution in [0.2, 0.25) is 0 Å². The molecule has 3 atom stereocenters. The van der Waals surface area contributed by atoms with Crippen LogP contribution in [0.4, 0.5) is 0 Å². The fourth-order valence-electron chi connectivity index (χ4n) is 3.79. The Morgan fingerprint density at radius 2 is 2.29 bits per heavy atom. The van der Waals surface area contributed by atoms with Crippen molar-refractivity contribution in [2.75, 3.05) is 0 Å². The van der Waals surface area contributed by atoms with E-state index in [9.17, 15) is 5.11 Å². The van der Waals surface area contributed by atoms with Crippen LogP contribution in [0.25, 0.3) is 0 Å². The molecule has 4 heteroatoms. The normalized spacial score (nSPS) is 35.8. The molecule has 3 nitrogen and oxygen atoms in total. The van der Waals surface area contributed by atoms with Crippen LogP contribution in [0.5, 0.6) is 0 Å². The van der Waals surface area contributed by atoms with Crippen molar-refractivity contribution < 1.29 is 5.11 Å². The summed E-state index contributed by atoms with van der Waals surface area (Å²) in [5.74, 6) is 1.27. The first-order valence-corrected chi connectivity index (χ1v) is 7.19. The molecule has 0 radical (unpaired) electrons. The molecule has 0 aromatic carbocycles. The molecule has 3 rings (SSSR count). The molecule has 2 aliphatic rings. The molecule has 2 aliphatic carbocycles. The largest absolute Gasteiger partial charge is 0.389 e. The molecule has 1 aromatic rings. The highest BCUT2D eigenvalue weighted by Crippen LogP contribution is 2.52. The first kappa shape index (κ1) is 11.7. The molecular formula is C13H19BrN2O. The third-order valence-electron chi connectivity index (χ3n) is 4.68. The molecule has 94 valence electrons. The summed E-state index contributed by atoms with van der Waals surface area (Å²) in [4.78, 5) is 0. The Kier molecular flexibility index (Phi) is 2.63. The van der Waals surface area contributed by atoms with E-state index in [0.29, 0.717) is 5.92 Å². The lowest BCUT2D eigenvalue weighted by Gasteiger charge is -2.32. The molecule has 2 bridgehead atoms. The molecule has 1 N–H and O–H groups in total. The van der Waals surface area contributed by atoms with Crippen molar-refractivity contribution in [2.45, 2.75) is 44.6 Å². The summed E-state index contributed by atoms with van der Waals surface area (Å²) in [6, 6.07) is 0. The maximum absolute atomic E-state index is 10.8. The van der Waals surface area contributed by atoms with Crippen molar-refractivity contribution in [3.8, 4) is 0 Å². The Morgan fingerprint density at radius 3 is 2.76 bits per heavy atom. The summed E-state index contributed by atoms with van der Waals surface area (Å²) in [5.41, 5.74) is 1.66. The summed E-state index contributed by atoms with van der Waals surface area (Å²) >= 11 is 3.59. The van der Waals surface area contributed by atoms with E-state index >= 15 is 0 Å². The fraction of sp³-hybridized carbons (Fsp3) is 0.769. The highest BCUT2D eigenvalue weighted by molar-refractivity contribution is 9.10. The summed E-state index contributed by atoms with van der Waals surface area (Å²) in [5, 5.41) is 15.2.